The number of rotatable bonds is 1. The van der Waals surface area contributed by atoms with Crippen molar-refractivity contribution in [3.8, 4) is 0 Å². The summed E-state index contributed by atoms with van der Waals surface area (Å²) in [5.41, 5.74) is 2.25. The minimum atomic E-state index is -0.292. The van der Waals surface area contributed by atoms with Crippen LogP contribution >= 0.6 is 0 Å². The average Bonchev–Trinajstić information content (AvgIpc) is 2.41. The van der Waals surface area contributed by atoms with Crippen molar-refractivity contribution in [2.75, 3.05) is 0 Å². The number of carbonyl (C=O) groups excluding carboxylic acids is 1. The molecule has 0 bridgehead atoms. The summed E-state index contributed by atoms with van der Waals surface area (Å²) in [6.07, 6.45) is 8.45. The van der Waals surface area contributed by atoms with Gasteiger partial charge in [0.15, 0.2) is 0 Å². The molecule has 3 rings (SSSR count). The number of carbonyl (C=O) groups is 1. The van der Waals surface area contributed by atoms with Crippen LogP contribution in [-0.4, -0.2) is 23.3 Å². The molecule has 3 atom stereocenters. The van der Waals surface area contributed by atoms with Crippen molar-refractivity contribution < 1.29 is 14.6 Å². The van der Waals surface area contributed by atoms with E-state index in [0.717, 1.165) is 18.4 Å². The van der Waals surface area contributed by atoms with Crippen LogP contribution in [0.1, 0.15) is 58.3 Å². The maximum atomic E-state index is 12.0. The highest BCUT2D eigenvalue weighted by atomic mass is 16.5. The summed E-state index contributed by atoms with van der Waals surface area (Å²) in [4.78, 5) is 12.0. The molecule has 3 aliphatic rings. The zero-order valence-electron chi connectivity index (χ0n) is 11.7. The molecule has 106 valence electrons. The quantitative estimate of drug-likeness (QED) is 0.741. The van der Waals surface area contributed by atoms with Crippen molar-refractivity contribution in [3.05, 3.63) is 11.1 Å². The maximum absolute atomic E-state index is 12.0. The second kappa shape index (κ2) is 5.28. The van der Waals surface area contributed by atoms with Crippen LogP contribution in [0.3, 0.4) is 0 Å². The Morgan fingerprint density at radius 2 is 1.84 bits per heavy atom. The zero-order valence-corrected chi connectivity index (χ0v) is 11.7. The highest BCUT2D eigenvalue weighted by Gasteiger charge is 2.42. The van der Waals surface area contributed by atoms with Crippen molar-refractivity contribution in [3.63, 3.8) is 0 Å². The molecule has 0 spiro atoms. The predicted molar refractivity (Wildman–Crippen MR) is 72.5 cm³/mol. The van der Waals surface area contributed by atoms with Gasteiger partial charge in [0.2, 0.25) is 0 Å². The Bertz CT molecular complexity index is 393. The molecule has 2 fully saturated rings. The molecule has 3 unspecified atom stereocenters. The van der Waals surface area contributed by atoms with Crippen LogP contribution in [0.2, 0.25) is 0 Å². The predicted octanol–water partition coefficient (Wildman–Crippen LogP) is 2.97. The Labute approximate surface area is 115 Å². The fourth-order valence-corrected chi connectivity index (χ4v) is 4.24. The summed E-state index contributed by atoms with van der Waals surface area (Å²) in [6.45, 7) is 1.94. The molecule has 0 aromatic heterocycles. The lowest BCUT2D eigenvalue weighted by Gasteiger charge is -2.42. The highest BCUT2D eigenvalue weighted by molar-refractivity contribution is 5.90. The van der Waals surface area contributed by atoms with Gasteiger partial charge in [-0.15, -0.1) is 0 Å². The first-order chi connectivity index (χ1) is 9.16. The first-order valence-electron chi connectivity index (χ1n) is 7.76. The van der Waals surface area contributed by atoms with E-state index in [4.69, 9.17) is 4.74 Å². The highest BCUT2D eigenvalue weighted by Crippen LogP contribution is 2.44. The lowest BCUT2D eigenvalue weighted by Crippen LogP contribution is -2.42. The number of hydrogen-bond acceptors (Lipinski definition) is 3. The Kier molecular flexibility index (Phi) is 3.66. The molecule has 2 saturated carbocycles. The van der Waals surface area contributed by atoms with Crippen LogP contribution in [0.25, 0.3) is 0 Å². The molecule has 0 saturated heterocycles. The van der Waals surface area contributed by atoms with Crippen molar-refractivity contribution in [1.29, 1.82) is 0 Å². The summed E-state index contributed by atoms with van der Waals surface area (Å²) in [6, 6.07) is 0. The number of hydrogen-bond donors (Lipinski definition) is 1. The van der Waals surface area contributed by atoms with Crippen LogP contribution in [0, 0.1) is 11.8 Å². The minimum Gasteiger partial charge on any atom is -0.458 e. The molecule has 0 radical (unpaired) electrons. The SMILES string of the molecule is CC1=C(C2CCCCC2)C2CCC(O)CC2OC1=O. The summed E-state index contributed by atoms with van der Waals surface area (Å²) in [7, 11) is 0. The molecule has 3 heteroatoms. The minimum absolute atomic E-state index is 0.0723. The van der Waals surface area contributed by atoms with E-state index in [2.05, 4.69) is 0 Å². The molecule has 2 aliphatic carbocycles. The van der Waals surface area contributed by atoms with Gasteiger partial charge in [-0.25, -0.2) is 4.79 Å². The van der Waals surface area contributed by atoms with Gasteiger partial charge in [0.05, 0.1) is 6.10 Å². The molecular formula is C16H24O3. The summed E-state index contributed by atoms with van der Waals surface area (Å²) in [5, 5.41) is 9.79. The number of esters is 1. The monoisotopic (exact) mass is 264 g/mol. The van der Waals surface area contributed by atoms with Crippen molar-refractivity contribution >= 4 is 5.97 Å². The van der Waals surface area contributed by atoms with Crippen LogP contribution in [0.4, 0.5) is 0 Å². The fourth-order valence-electron chi connectivity index (χ4n) is 4.24. The lowest BCUT2D eigenvalue weighted by atomic mass is 9.69. The molecule has 3 nitrogen and oxygen atoms in total. The van der Waals surface area contributed by atoms with E-state index >= 15 is 0 Å². The Morgan fingerprint density at radius 1 is 1.11 bits per heavy atom. The molecule has 1 heterocycles. The second-order valence-corrected chi connectivity index (χ2v) is 6.43. The van der Waals surface area contributed by atoms with Crippen LogP contribution in [0.5, 0.6) is 0 Å². The van der Waals surface area contributed by atoms with E-state index in [1.165, 1.54) is 37.7 Å². The molecular weight excluding hydrogens is 240 g/mol. The fraction of sp³-hybridized carbons (Fsp3) is 0.812. The van der Waals surface area contributed by atoms with Gasteiger partial charge >= 0.3 is 5.97 Å². The molecule has 1 aliphatic heterocycles. The third kappa shape index (κ3) is 2.45. The van der Waals surface area contributed by atoms with Crippen LogP contribution in [-0.2, 0) is 9.53 Å². The summed E-state index contributed by atoms with van der Waals surface area (Å²) >= 11 is 0. The molecule has 0 aromatic rings. The zero-order chi connectivity index (χ0) is 13.4. The summed E-state index contributed by atoms with van der Waals surface area (Å²) in [5.74, 6) is 0.824. The second-order valence-electron chi connectivity index (χ2n) is 6.43. The Balaban J connectivity index is 1.88. The molecule has 0 aromatic carbocycles. The van der Waals surface area contributed by atoms with E-state index in [1.807, 2.05) is 6.92 Å². The number of aliphatic hydroxyl groups is 1. The molecule has 1 N–H and O–H groups in total. The van der Waals surface area contributed by atoms with Gasteiger partial charge < -0.3 is 9.84 Å². The van der Waals surface area contributed by atoms with E-state index < -0.39 is 0 Å². The van der Waals surface area contributed by atoms with Crippen LogP contribution in [0.15, 0.2) is 11.1 Å². The standard InChI is InChI=1S/C16H24O3/c1-10-15(11-5-3-2-4-6-11)13-8-7-12(17)9-14(13)19-16(10)18/h11-14,17H,2-9H2,1H3. The largest absolute Gasteiger partial charge is 0.458 e. The van der Waals surface area contributed by atoms with Gasteiger partial charge in [0.1, 0.15) is 6.10 Å². The third-order valence-corrected chi connectivity index (χ3v) is 5.21. The van der Waals surface area contributed by atoms with Gasteiger partial charge in [0.25, 0.3) is 0 Å². The van der Waals surface area contributed by atoms with Crippen molar-refractivity contribution in [2.45, 2.75) is 70.5 Å². The van der Waals surface area contributed by atoms with E-state index in [-0.39, 0.29) is 18.2 Å². The van der Waals surface area contributed by atoms with Gasteiger partial charge in [0, 0.05) is 17.9 Å². The van der Waals surface area contributed by atoms with Crippen molar-refractivity contribution in [1.82, 2.24) is 0 Å². The average molecular weight is 264 g/mol. The summed E-state index contributed by atoms with van der Waals surface area (Å²) < 4.78 is 5.54. The normalized spacial score (nSPS) is 36.9. The Hall–Kier alpha value is -0.830. The van der Waals surface area contributed by atoms with Gasteiger partial charge in [-0.1, -0.05) is 24.8 Å². The van der Waals surface area contributed by atoms with Crippen LogP contribution < -0.4 is 0 Å². The van der Waals surface area contributed by atoms with E-state index in [9.17, 15) is 9.90 Å². The van der Waals surface area contributed by atoms with E-state index in [0.29, 0.717) is 18.3 Å². The van der Waals surface area contributed by atoms with Crippen molar-refractivity contribution in [2.24, 2.45) is 11.8 Å². The first kappa shape index (κ1) is 13.2. The maximum Gasteiger partial charge on any atom is 0.333 e. The number of ether oxygens (including phenoxy) is 1. The first-order valence-corrected chi connectivity index (χ1v) is 7.76. The number of fused-ring (bicyclic) bond motifs is 1. The third-order valence-electron chi connectivity index (χ3n) is 5.21. The van der Waals surface area contributed by atoms with Gasteiger partial charge in [-0.3, -0.25) is 0 Å². The molecule has 19 heavy (non-hydrogen) atoms. The Morgan fingerprint density at radius 3 is 2.58 bits per heavy atom. The van der Waals surface area contributed by atoms with Gasteiger partial charge in [-0.2, -0.15) is 0 Å². The molecule has 0 amide bonds. The topological polar surface area (TPSA) is 46.5 Å². The lowest BCUT2D eigenvalue weighted by molar-refractivity contribution is -0.153. The van der Waals surface area contributed by atoms with E-state index in [1.54, 1.807) is 0 Å². The number of aliphatic hydroxyl groups excluding tert-OH is 1. The smallest absolute Gasteiger partial charge is 0.333 e. The van der Waals surface area contributed by atoms with Gasteiger partial charge in [-0.05, 0) is 38.5 Å².